The number of carbonyl (C=O) groups excluding carboxylic acids is 1. The van der Waals surface area contributed by atoms with Gasteiger partial charge in [0.25, 0.3) is 5.91 Å². The number of amides is 1. The first kappa shape index (κ1) is 14.0. The number of carbonyl (C=O) groups is 1. The molecule has 1 aliphatic heterocycles. The summed E-state index contributed by atoms with van der Waals surface area (Å²) in [4.78, 5) is 19.9. The molecule has 0 radical (unpaired) electrons. The standard InChI is InChI=1S/C22H17N3O/c1-10-3-5-15-12(7-10)17-14-9-23-22(26)19(14)18-13-8-11(2)4-6-16(13)25-21(18)20(17)24-15/h3-8,24-25H,9H2,1-2H3,(H,23,26). The summed E-state index contributed by atoms with van der Waals surface area (Å²) in [5.74, 6) is 0.0244. The molecule has 0 bridgehead atoms. The minimum Gasteiger partial charge on any atom is -0.353 e. The molecule has 1 amide bonds. The smallest absolute Gasteiger partial charge is 0.252 e. The lowest BCUT2D eigenvalue weighted by atomic mass is 9.96. The molecule has 3 heterocycles. The highest BCUT2D eigenvalue weighted by molar-refractivity contribution is 6.30. The zero-order chi connectivity index (χ0) is 17.6. The lowest BCUT2D eigenvalue weighted by Crippen LogP contribution is -2.12. The predicted octanol–water partition coefficient (Wildman–Crippen LogP) is 4.82. The number of rotatable bonds is 0. The van der Waals surface area contributed by atoms with Crippen LogP contribution in [-0.4, -0.2) is 15.9 Å². The second-order valence-electron chi connectivity index (χ2n) is 7.38. The van der Waals surface area contributed by atoms with Crippen molar-refractivity contribution in [2.45, 2.75) is 20.4 Å². The van der Waals surface area contributed by atoms with Gasteiger partial charge in [-0.15, -0.1) is 0 Å². The van der Waals surface area contributed by atoms with Gasteiger partial charge in [0.15, 0.2) is 0 Å². The Balaban J connectivity index is 1.97. The maximum Gasteiger partial charge on any atom is 0.252 e. The molecule has 26 heavy (non-hydrogen) atoms. The number of H-pyrrole nitrogens is 2. The Morgan fingerprint density at radius 1 is 0.808 bits per heavy atom. The first-order valence-corrected chi connectivity index (χ1v) is 8.89. The summed E-state index contributed by atoms with van der Waals surface area (Å²) >= 11 is 0. The quantitative estimate of drug-likeness (QED) is 0.372. The molecule has 4 heteroatoms. The highest BCUT2D eigenvalue weighted by Crippen LogP contribution is 2.42. The lowest BCUT2D eigenvalue weighted by Gasteiger charge is -2.04. The van der Waals surface area contributed by atoms with E-state index in [2.05, 4.69) is 65.5 Å². The Morgan fingerprint density at radius 2 is 1.38 bits per heavy atom. The number of aromatic nitrogens is 2. The van der Waals surface area contributed by atoms with Crippen molar-refractivity contribution in [1.82, 2.24) is 15.3 Å². The summed E-state index contributed by atoms with van der Waals surface area (Å²) in [5, 5.41) is 7.53. The first-order chi connectivity index (χ1) is 12.6. The van der Waals surface area contributed by atoms with Gasteiger partial charge in [-0.1, -0.05) is 23.3 Å². The van der Waals surface area contributed by atoms with Crippen LogP contribution in [0.15, 0.2) is 36.4 Å². The SMILES string of the molecule is Cc1ccc2[nH]c3c4[nH]c5ccc(C)cc5c4c4c(c3c2c1)CNC4=O. The van der Waals surface area contributed by atoms with E-state index in [-0.39, 0.29) is 5.91 Å². The summed E-state index contributed by atoms with van der Waals surface area (Å²) in [6, 6.07) is 12.8. The number of hydrogen-bond donors (Lipinski definition) is 3. The van der Waals surface area contributed by atoms with Crippen molar-refractivity contribution in [3.05, 3.63) is 58.7 Å². The van der Waals surface area contributed by atoms with Gasteiger partial charge in [0.05, 0.1) is 16.6 Å². The molecular weight excluding hydrogens is 322 g/mol. The summed E-state index contributed by atoms with van der Waals surface area (Å²) < 4.78 is 0. The Bertz CT molecular complexity index is 1420. The van der Waals surface area contributed by atoms with Crippen LogP contribution in [0.5, 0.6) is 0 Å². The van der Waals surface area contributed by atoms with Crippen LogP contribution in [0.1, 0.15) is 27.0 Å². The molecule has 0 fully saturated rings. The van der Waals surface area contributed by atoms with Gasteiger partial charge < -0.3 is 15.3 Å². The second-order valence-corrected chi connectivity index (χ2v) is 7.38. The van der Waals surface area contributed by atoms with Crippen LogP contribution < -0.4 is 5.32 Å². The van der Waals surface area contributed by atoms with Gasteiger partial charge in [0, 0.05) is 39.1 Å². The van der Waals surface area contributed by atoms with Crippen LogP contribution in [0.4, 0.5) is 0 Å². The molecule has 4 nitrogen and oxygen atoms in total. The molecule has 2 aromatic heterocycles. The van der Waals surface area contributed by atoms with E-state index in [1.165, 1.54) is 16.5 Å². The molecule has 3 N–H and O–H groups in total. The molecule has 3 aromatic carbocycles. The highest BCUT2D eigenvalue weighted by Gasteiger charge is 2.29. The van der Waals surface area contributed by atoms with Crippen molar-refractivity contribution in [3.8, 4) is 0 Å². The van der Waals surface area contributed by atoms with Gasteiger partial charge in [-0.05, 0) is 43.7 Å². The van der Waals surface area contributed by atoms with Crippen molar-refractivity contribution in [2.24, 2.45) is 0 Å². The lowest BCUT2D eigenvalue weighted by molar-refractivity contribution is 0.0967. The number of aromatic amines is 2. The fraction of sp³-hybridized carbons (Fsp3) is 0.136. The molecule has 5 aromatic rings. The molecule has 0 saturated carbocycles. The second kappa shape index (κ2) is 4.47. The molecule has 1 aliphatic rings. The monoisotopic (exact) mass is 339 g/mol. The summed E-state index contributed by atoms with van der Waals surface area (Å²) in [6.07, 6.45) is 0. The van der Waals surface area contributed by atoms with Gasteiger partial charge in [-0.2, -0.15) is 0 Å². The minimum atomic E-state index is 0.0244. The van der Waals surface area contributed by atoms with Gasteiger partial charge in [0.2, 0.25) is 0 Å². The zero-order valence-electron chi connectivity index (χ0n) is 14.6. The summed E-state index contributed by atoms with van der Waals surface area (Å²) in [6.45, 7) is 4.77. The van der Waals surface area contributed by atoms with Crippen LogP contribution in [0.3, 0.4) is 0 Å². The first-order valence-electron chi connectivity index (χ1n) is 8.89. The average molecular weight is 339 g/mol. The Morgan fingerprint density at radius 3 is 2.04 bits per heavy atom. The Kier molecular flexibility index (Phi) is 2.40. The largest absolute Gasteiger partial charge is 0.353 e. The van der Waals surface area contributed by atoms with Crippen molar-refractivity contribution in [2.75, 3.05) is 0 Å². The van der Waals surface area contributed by atoms with Crippen LogP contribution in [0, 0.1) is 13.8 Å². The van der Waals surface area contributed by atoms with Crippen molar-refractivity contribution >= 4 is 49.5 Å². The maximum atomic E-state index is 12.7. The van der Waals surface area contributed by atoms with Gasteiger partial charge >= 0.3 is 0 Å². The molecular formula is C22H17N3O. The Labute approximate surface area is 149 Å². The van der Waals surface area contributed by atoms with Crippen molar-refractivity contribution in [3.63, 3.8) is 0 Å². The molecule has 0 spiro atoms. The maximum absolute atomic E-state index is 12.7. The predicted molar refractivity (Wildman–Crippen MR) is 106 cm³/mol. The number of aryl methyl sites for hydroxylation is 2. The van der Waals surface area contributed by atoms with Crippen LogP contribution in [-0.2, 0) is 6.54 Å². The fourth-order valence-electron chi connectivity index (χ4n) is 4.52. The van der Waals surface area contributed by atoms with E-state index in [1.54, 1.807) is 0 Å². The van der Waals surface area contributed by atoms with E-state index in [9.17, 15) is 4.79 Å². The minimum absolute atomic E-state index is 0.0244. The molecule has 0 saturated heterocycles. The molecule has 0 atom stereocenters. The Hall–Kier alpha value is -3.27. The van der Waals surface area contributed by atoms with Crippen LogP contribution in [0.25, 0.3) is 43.6 Å². The van der Waals surface area contributed by atoms with E-state index in [4.69, 9.17) is 0 Å². The van der Waals surface area contributed by atoms with E-state index >= 15 is 0 Å². The third kappa shape index (κ3) is 1.57. The summed E-state index contributed by atoms with van der Waals surface area (Å²) in [5.41, 5.74) is 8.62. The third-order valence-corrected chi connectivity index (χ3v) is 5.66. The topological polar surface area (TPSA) is 60.7 Å². The van der Waals surface area contributed by atoms with E-state index in [1.807, 2.05) is 0 Å². The van der Waals surface area contributed by atoms with E-state index in [0.29, 0.717) is 6.54 Å². The zero-order valence-corrected chi connectivity index (χ0v) is 14.6. The molecule has 0 aliphatic carbocycles. The number of benzene rings is 3. The number of fused-ring (bicyclic) bond motifs is 10. The van der Waals surface area contributed by atoms with E-state index < -0.39 is 0 Å². The normalized spacial score (nSPS) is 14.0. The van der Waals surface area contributed by atoms with Gasteiger partial charge in [0.1, 0.15) is 0 Å². The molecule has 126 valence electrons. The fourth-order valence-corrected chi connectivity index (χ4v) is 4.52. The third-order valence-electron chi connectivity index (χ3n) is 5.66. The van der Waals surface area contributed by atoms with Crippen molar-refractivity contribution in [1.29, 1.82) is 0 Å². The van der Waals surface area contributed by atoms with E-state index in [0.717, 1.165) is 49.4 Å². The highest BCUT2D eigenvalue weighted by atomic mass is 16.1. The van der Waals surface area contributed by atoms with Crippen molar-refractivity contribution < 1.29 is 4.79 Å². The van der Waals surface area contributed by atoms with Gasteiger partial charge in [-0.3, -0.25) is 4.79 Å². The number of nitrogens with one attached hydrogen (secondary N) is 3. The van der Waals surface area contributed by atoms with Crippen LogP contribution in [0.2, 0.25) is 0 Å². The average Bonchev–Trinajstić information content (AvgIpc) is 3.27. The molecule has 0 unspecified atom stereocenters. The number of hydrogen-bond acceptors (Lipinski definition) is 1. The van der Waals surface area contributed by atoms with Crippen LogP contribution >= 0.6 is 0 Å². The van der Waals surface area contributed by atoms with Gasteiger partial charge in [-0.25, -0.2) is 0 Å². The molecule has 6 rings (SSSR count). The summed E-state index contributed by atoms with van der Waals surface area (Å²) in [7, 11) is 0.